The highest BCUT2D eigenvalue weighted by atomic mass is 16.5. The van der Waals surface area contributed by atoms with Gasteiger partial charge in [0.1, 0.15) is 0 Å². The second-order valence-electron chi connectivity index (χ2n) is 9.92. The molecule has 1 aromatic heterocycles. The van der Waals surface area contributed by atoms with E-state index < -0.39 is 0 Å². The smallest absolute Gasteiger partial charge is 0.0825 e. The van der Waals surface area contributed by atoms with E-state index in [0.717, 1.165) is 50.7 Å². The highest BCUT2D eigenvalue weighted by Gasteiger charge is 2.24. The van der Waals surface area contributed by atoms with Crippen molar-refractivity contribution < 1.29 is 4.65 Å². The lowest BCUT2D eigenvalue weighted by atomic mass is 9.86. The fraction of sp³-hybridized carbons (Fsp3) is 0.692. The van der Waals surface area contributed by atoms with E-state index in [2.05, 4.69) is 35.4 Å². The molecule has 4 rings (SSSR count). The lowest BCUT2D eigenvalue weighted by Gasteiger charge is -2.45. The summed E-state index contributed by atoms with van der Waals surface area (Å²) in [6.45, 7) is 2.40. The zero-order valence-electron chi connectivity index (χ0n) is 18.2. The number of aromatic amines is 1. The molecule has 0 spiro atoms. The van der Waals surface area contributed by atoms with E-state index in [1.807, 2.05) is 0 Å². The number of hydrogen-bond acceptors (Lipinski definition) is 1. The fourth-order valence-electron chi connectivity index (χ4n) is 5.79. The Hall–Kier alpha value is -1.32. The summed E-state index contributed by atoms with van der Waals surface area (Å²) in [4.78, 5) is 3.38. The van der Waals surface area contributed by atoms with Gasteiger partial charge in [-0.05, 0) is 36.3 Å². The summed E-state index contributed by atoms with van der Waals surface area (Å²) in [5.74, 6) is 1.61. The van der Waals surface area contributed by atoms with Crippen LogP contribution in [0.25, 0.3) is 10.9 Å². The molecule has 0 unspecified atom stereocenters. The lowest BCUT2D eigenvalue weighted by molar-refractivity contribution is -0.881. The van der Waals surface area contributed by atoms with Gasteiger partial charge in [-0.1, -0.05) is 82.4 Å². The number of quaternary nitrogens is 1. The number of rotatable bonds is 9. The van der Waals surface area contributed by atoms with E-state index >= 15 is 0 Å². The van der Waals surface area contributed by atoms with Crippen molar-refractivity contribution in [3.8, 4) is 0 Å². The normalized spacial score (nSPS) is 19.8. The number of nitrogens with zero attached hydrogens (tertiary/aromatic N) is 1. The molecule has 1 N–H and O–H groups in total. The van der Waals surface area contributed by atoms with E-state index in [4.69, 9.17) is 0 Å². The molecule has 2 aliphatic carbocycles. The largest absolute Gasteiger partial charge is 0.633 e. The maximum Gasteiger partial charge on any atom is 0.0825 e. The van der Waals surface area contributed by atoms with Gasteiger partial charge in [0, 0.05) is 23.5 Å². The van der Waals surface area contributed by atoms with Crippen molar-refractivity contribution >= 4 is 10.9 Å². The standard InChI is InChI=1S/C26H40N2O/c29-28(18-15-22-9-3-1-4-10-22,19-16-23-11-5-2-6-12-23)20-17-24-21-27-26-14-8-7-13-25(24)26/h7-8,13-14,21-23,27H,1-6,9-12,15-20H2. The minimum atomic E-state index is 0.0342. The van der Waals surface area contributed by atoms with E-state index in [0.29, 0.717) is 0 Å². The zero-order chi connectivity index (χ0) is 19.9. The Morgan fingerprint density at radius 2 is 1.38 bits per heavy atom. The van der Waals surface area contributed by atoms with Crippen molar-refractivity contribution in [3.63, 3.8) is 0 Å². The Morgan fingerprint density at radius 1 is 0.793 bits per heavy atom. The van der Waals surface area contributed by atoms with Gasteiger partial charge in [-0.15, -0.1) is 0 Å². The van der Waals surface area contributed by atoms with Crippen LogP contribution in [-0.4, -0.2) is 29.3 Å². The van der Waals surface area contributed by atoms with Crippen LogP contribution in [0.2, 0.25) is 0 Å². The van der Waals surface area contributed by atoms with Gasteiger partial charge in [0.25, 0.3) is 0 Å². The number of benzene rings is 1. The third kappa shape index (κ3) is 5.86. The van der Waals surface area contributed by atoms with Crippen LogP contribution in [0.1, 0.15) is 82.6 Å². The molecule has 0 amide bonds. The average Bonchev–Trinajstić information content (AvgIpc) is 3.20. The number of para-hydroxylation sites is 1. The maximum absolute atomic E-state index is 13.9. The molecule has 2 fully saturated rings. The van der Waals surface area contributed by atoms with Crippen LogP contribution in [0.4, 0.5) is 0 Å². The van der Waals surface area contributed by atoms with Crippen molar-refractivity contribution in [2.75, 3.05) is 19.6 Å². The summed E-state index contributed by atoms with van der Waals surface area (Å²) in [6, 6.07) is 8.49. The van der Waals surface area contributed by atoms with E-state index in [1.54, 1.807) is 0 Å². The van der Waals surface area contributed by atoms with Gasteiger partial charge in [-0.25, -0.2) is 0 Å². The fourth-order valence-corrected chi connectivity index (χ4v) is 5.79. The second-order valence-corrected chi connectivity index (χ2v) is 9.92. The molecule has 29 heavy (non-hydrogen) atoms. The first-order valence-electron chi connectivity index (χ1n) is 12.3. The van der Waals surface area contributed by atoms with Crippen molar-refractivity contribution in [1.82, 2.24) is 4.98 Å². The summed E-state index contributed by atoms with van der Waals surface area (Å²) in [7, 11) is 0. The highest BCUT2D eigenvalue weighted by Crippen LogP contribution is 2.30. The van der Waals surface area contributed by atoms with Crippen LogP contribution in [0.15, 0.2) is 30.5 Å². The maximum atomic E-state index is 13.9. The molecule has 0 saturated heterocycles. The molecule has 0 atom stereocenters. The predicted octanol–water partition coefficient (Wildman–Crippen LogP) is 6.97. The van der Waals surface area contributed by atoms with Crippen LogP contribution in [-0.2, 0) is 6.42 Å². The van der Waals surface area contributed by atoms with Crippen LogP contribution in [0.3, 0.4) is 0 Å². The van der Waals surface area contributed by atoms with Gasteiger partial charge < -0.3 is 14.8 Å². The van der Waals surface area contributed by atoms with Gasteiger partial charge in [0.15, 0.2) is 0 Å². The summed E-state index contributed by atoms with van der Waals surface area (Å²) < 4.78 is 0.0342. The van der Waals surface area contributed by atoms with E-state index in [-0.39, 0.29) is 4.65 Å². The minimum Gasteiger partial charge on any atom is -0.633 e. The number of hydroxylamine groups is 3. The monoisotopic (exact) mass is 396 g/mol. The van der Waals surface area contributed by atoms with Crippen LogP contribution >= 0.6 is 0 Å². The van der Waals surface area contributed by atoms with Crippen molar-refractivity contribution in [2.45, 2.75) is 83.5 Å². The zero-order valence-corrected chi connectivity index (χ0v) is 18.2. The molecule has 1 aromatic carbocycles. The Labute approximate surface area is 177 Å². The van der Waals surface area contributed by atoms with Gasteiger partial charge >= 0.3 is 0 Å². The van der Waals surface area contributed by atoms with Gasteiger partial charge in [-0.3, -0.25) is 0 Å². The molecule has 160 valence electrons. The Balaban J connectivity index is 1.38. The quantitative estimate of drug-likeness (QED) is 0.361. The van der Waals surface area contributed by atoms with Crippen molar-refractivity contribution in [2.24, 2.45) is 11.8 Å². The van der Waals surface area contributed by atoms with Crippen LogP contribution in [0.5, 0.6) is 0 Å². The first-order valence-corrected chi connectivity index (χ1v) is 12.3. The first kappa shape index (κ1) is 20.9. The van der Waals surface area contributed by atoms with Crippen LogP contribution < -0.4 is 0 Å². The number of H-pyrrole nitrogens is 1. The van der Waals surface area contributed by atoms with Gasteiger partial charge in [0.05, 0.1) is 19.6 Å². The third-order valence-electron chi connectivity index (χ3n) is 7.80. The number of aromatic nitrogens is 1. The molecular weight excluding hydrogens is 356 g/mol. The molecular formula is C26H40N2O. The van der Waals surface area contributed by atoms with E-state index in [9.17, 15) is 5.21 Å². The molecule has 3 nitrogen and oxygen atoms in total. The van der Waals surface area contributed by atoms with Crippen molar-refractivity contribution in [3.05, 3.63) is 41.2 Å². The number of hydrogen-bond donors (Lipinski definition) is 1. The third-order valence-corrected chi connectivity index (χ3v) is 7.80. The molecule has 2 aliphatic rings. The second kappa shape index (κ2) is 10.1. The number of nitrogens with one attached hydrogen (secondary N) is 1. The van der Waals surface area contributed by atoms with Crippen molar-refractivity contribution in [1.29, 1.82) is 0 Å². The first-order chi connectivity index (χ1) is 14.2. The Bertz CT molecular complexity index is 718. The summed E-state index contributed by atoms with van der Waals surface area (Å²) in [6.07, 6.45) is 19.0. The predicted molar refractivity (Wildman–Crippen MR) is 123 cm³/mol. The minimum absolute atomic E-state index is 0.0342. The molecule has 1 heterocycles. The molecule has 0 aliphatic heterocycles. The highest BCUT2D eigenvalue weighted by molar-refractivity contribution is 5.83. The van der Waals surface area contributed by atoms with E-state index in [1.165, 1.54) is 80.7 Å². The molecule has 0 radical (unpaired) electrons. The number of fused-ring (bicyclic) bond motifs is 1. The molecule has 3 heteroatoms. The summed E-state index contributed by atoms with van der Waals surface area (Å²) >= 11 is 0. The van der Waals surface area contributed by atoms with Crippen LogP contribution in [0, 0.1) is 17.0 Å². The van der Waals surface area contributed by atoms with Gasteiger partial charge in [-0.2, -0.15) is 0 Å². The lowest BCUT2D eigenvalue weighted by Crippen LogP contribution is -2.46. The summed E-state index contributed by atoms with van der Waals surface area (Å²) in [5.41, 5.74) is 2.50. The SMILES string of the molecule is [O-][N+](CCc1c[nH]c2ccccc12)(CCC1CCCCC1)CCC1CCCCC1. The van der Waals surface area contributed by atoms with Gasteiger partial charge in [0.2, 0.25) is 0 Å². The summed E-state index contributed by atoms with van der Waals surface area (Å²) in [5, 5.41) is 15.2. The Morgan fingerprint density at radius 3 is 2.00 bits per heavy atom. The molecule has 0 bridgehead atoms. The molecule has 2 saturated carbocycles. The Kier molecular flexibility index (Phi) is 7.31. The molecule has 2 aromatic rings. The average molecular weight is 397 g/mol. The topological polar surface area (TPSA) is 38.8 Å².